The number of carbonyl (C=O) groups is 2. The summed E-state index contributed by atoms with van der Waals surface area (Å²) in [5, 5.41) is 7.51. The molecular formula is C28H34N4O2. The van der Waals surface area contributed by atoms with Crippen LogP contribution in [0, 0.1) is 0 Å². The number of carbonyl (C=O) groups excluding carboxylic acids is 2. The molecule has 0 radical (unpaired) electrons. The molecule has 0 spiro atoms. The van der Waals surface area contributed by atoms with E-state index in [4.69, 9.17) is 0 Å². The minimum Gasteiger partial charge on any atom is -0.321 e. The fourth-order valence-corrected chi connectivity index (χ4v) is 3.38. The first kappa shape index (κ1) is 26.5. The Hall–Kier alpha value is -3.80. The summed E-state index contributed by atoms with van der Waals surface area (Å²) in [4.78, 5) is 33.5. The molecule has 0 saturated carbocycles. The first-order valence-electron chi connectivity index (χ1n) is 11.8. The summed E-state index contributed by atoms with van der Waals surface area (Å²) in [7, 11) is 0. The normalized spacial score (nSPS) is 14.1. The van der Waals surface area contributed by atoms with Gasteiger partial charge < -0.3 is 10.6 Å². The van der Waals surface area contributed by atoms with Crippen LogP contribution < -0.4 is 10.6 Å². The van der Waals surface area contributed by atoms with Gasteiger partial charge in [0.15, 0.2) is 0 Å². The Bertz CT molecular complexity index is 1160. The molecule has 0 unspecified atom stereocenters. The van der Waals surface area contributed by atoms with E-state index < -0.39 is 0 Å². The second kappa shape index (κ2) is 13.7. The van der Waals surface area contributed by atoms with E-state index in [0.717, 1.165) is 21.9 Å². The van der Waals surface area contributed by atoms with Crippen molar-refractivity contribution < 1.29 is 9.59 Å². The summed E-state index contributed by atoms with van der Waals surface area (Å²) in [6, 6.07) is 9.54. The Morgan fingerprint density at radius 3 is 2.50 bits per heavy atom. The molecule has 2 aromatic rings. The minimum atomic E-state index is -0.265. The SMILES string of the molecule is CC.CC.CC1=CC(NC(=O)CC2=CC=C(NC(=O)c3nccc4ccccc34)C=CC2)=NC1. The second-order valence-corrected chi connectivity index (χ2v) is 7.31. The van der Waals surface area contributed by atoms with E-state index in [9.17, 15) is 9.59 Å². The quantitative estimate of drug-likeness (QED) is 0.621. The summed E-state index contributed by atoms with van der Waals surface area (Å²) >= 11 is 0. The van der Waals surface area contributed by atoms with Crippen molar-refractivity contribution in [3.05, 3.63) is 89.4 Å². The van der Waals surface area contributed by atoms with Crippen molar-refractivity contribution in [2.24, 2.45) is 4.99 Å². The lowest BCUT2D eigenvalue weighted by atomic mass is 10.1. The molecule has 0 bridgehead atoms. The molecule has 6 heteroatoms. The third-order valence-corrected chi connectivity index (χ3v) is 4.86. The first-order valence-corrected chi connectivity index (χ1v) is 11.8. The van der Waals surface area contributed by atoms with Gasteiger partial charge in [-0.1, -0.05) is 69.7 Å². The van der Waals surface area contributed by atoms with Crippen molar-refractivity contribution in [1.29, 1.82) is 0 Å². The average molecular weight is 459 g/mol. The lowest BCUT2D eigenvalue weighted by Gasteiger charge is -2.07. The number of amides is 2. The highest BCUT2D eigenvalue weighted by molar-refractivity contribution is 6.06. The van der Waals surface area contributed by atoms with Gasteiger partial charge in [-0.2, -0.15) is 0 Å². The Kier molecular flexibility index (Phi) is 10.6. The van der Waals surface area contributed by atoms with Gasteiger partial charge in [0, 0.05) is 23.7 Å². The number of hydrogen-bond donors (Lipinski definition) is 2. The molecule has 1 aliphatic heterocycles. The average Bonchev–Trinajstić information content (AvgIpc) is 3.15. The highest BCUT2D eigenvalue weighted by Gasteiger charge is 2.14. The van der Waals surface area contributed by atoms with E-state index in [2.05, 4.69) is 20.6 Å². The molecule has 1 aromatic heterocycles. The molecule has 0 atom stereocenters. The number of nitrogens with zero attached hydrogens (tertiary/aromatic N) is 2. The van der Waals surface area contributed by atoms with Crippen molar-refractivity contribution in [2.45, 2.75) is 47.5 Å². The molecule has 2 aliphatic rings. The van der Waals surface area contributed by atoms with E-state index in [1.54, 1.807) is 6.20 Å². The van der Waals surface area contributed by atoms with Crippen molar-refractivity contribution >= 4 is 28.4 Å². The van der Waals surface area contributed by atoms with Crippen molar-refractivity contribution in [3.8, 4) is 0 Å². The Morgan fingerprint density at radius 1 is 1.00 bits per heavy atom. The molecule has 4 rings (SSSR count). The molecule has 2 heterocycles. The van der Waals surface area contributed by atoms with E-state index in [0.29, 0.717) is 30.2 Å². The van der Waals surface area contributed by atoms with Crippen LogP contribution in [0.3, 0.4) is 0 Å². The van der Waals surface area contributed by atoms with E-state index in [-0.39, 0.29) is 18.2 Å². The van der Waals surface area contributed by atoms with Crippen LogP contribution in [0.15, 0.2) is 88.7 Å². The third kappa shape index (κ3) is 7.37. The molecule has 1 aliphatic carbocycles. The zero-order valence-electron chi connectivity index (χ0n) is 20.7. The standard InChI is InChI=1S/C24H22N4O2.2C2H6/c1-16-13-21(26-15-16)28-22(29)14-17-5-4-7-19(10-9-17)27-24(30)23-20-8-3-2-6-18(20)11-12-25-23;2*1-2/h2-4,6-13H,5,14-15H2,1H3,(H,27,30)(H,26,28,29);2*1-2H3. The van der Waals surface area contributed by atoms with Crippen molar-refractivity contribution in [1.82, 2.24) is 15.6 Å². The predicted molar refractivity (Wildman–Crippen MR) is 141 cm³/mol. The molecule has 34 heavy (non-hydrogen) atoms. The fourth-order valence-electron chi connectivity index (χ4n) is 3.38. The first-order chi connectivity index (χ1) is 16.6. The van der Waals surface area contributed by atoms with Gasteiger partial charge in [0.25, 0.3) is 5.91 Å². The van der Waals surface area contributed by atoms with Gasteiger partial charge in [-0.15, -0.1) is 0 Å². The van der Waals surface area contributed by atoms with Crippen LogP contribution in [-0.4, -0.2) is 29.2 Å². The topological polar surface area (TPSA) is 83.5 Å². The van der Waals surface area contributed by atoms with Crippen molar-refractivity contribution in [3.63, 3.8) is 0 Å². The number of pyridine rings is 1. The number of rotatable bonds is 4. The van der Waals surface area contributed by atoms with Crippen LogP contribution in [0.2, 0.25) is 0 Å². The molecule has 1 aromatic carbocycles. The summed E-state index contributed by atoms with van der Waals surface area (Å²) in [6.45, 7) is 10.6. The highest BCUT2D eigenvalue weighted by atomic mass is 16.2. The number of amidine groups is 1. The number of allylic oxidation sites excluding steroid dienone is 4. The van der Waals surface area contributed by atoms with E-state index in [1.165, 1.54) is 0 Å². The van der Waals surface area contributed by atoms with Gasteiger partial charge in [-0.25, -0.2) is 0 Å². The second-order valence-electron chi connectivity index (χ2n) is 7.31. The zero-order chi connectivity index (χ0) is 24.9. The monoisotopic (exact) mass is 458 g/mol. The van der Waals surface area contributed by atoms with E-state index >= 15 is 0 Å². The van der Waals surface area contributed by atoms with Gasteiger partial charge in [-0.3, -0.25) is 19.6 Å². The van der Waals surface area contributed by atoms with Crippen LogP contribution in [0.5, 0.6) is 0 Å². The maximum absolute atomic E-state index is 12.8. The van der Waals surface area contributed by atoms with E-state index in [1.807, 2.05) is 95.3 Å². The third-order valence-electron chi connectivity index (χ3n) is 4.86. The smallest absolute Gasteiger partial charge is 0.274 e. The molecule has 0 fully saturated rings. The number of aromatic nitrogens is 1. The summed E-state index contributed by atoms with van der Waals surface area (Å²) in [5.74, 6) is 0.257. The Balaban J connectivity index is 0.000000970. The zero-order valence-corrected chi connectivity index (χ0v) is 20.7. The lowest BCUT2D eigenvalue weighted by Crippen LogP contribution is -2.28. The van der Waals surface area contributed by atoms with Gasteiger partial charge >= 0.3 is 0 Å². The summed E-state index contributed by atoms with van der Waals surface area (Å²) in [6.07, 6.45) is 11.9. The van der Waals surface area contributed by atoms with Crippen molar-refractivity contribution in [2.75, 3.05) is 6.54 Å². The fraction of sp³-hybridized carbons (Fsp3) is 0.286. The highest BCUT2D eigenvalue weighted by Crippen LogP contribution is 2.18. The number of aliphatic imine (C=N–C) groups is 1. The van der Waals surface area contributed by atoms with Crippen LogP contribution in [0.1, 0.15) is 57.9 Å². The van der Waals surface area contributed by atoms with Gasteiger partial charge in [-0.05, 0) is 48.6 Å². The molecule has 0 saturated heterocycles. The number of nitrogens with one attached hydrogen (secondary N) is 2. The Labute approximate surface area is 202 Å². The number of fused-ring (bicyclic) bond motifs is 1. The van der Waals surface area contributed by atoms with Gasteiger partial charge in [0.2, 0.25) is 5.91 Å². The minimum absolute atomic E-state index is 0.0970. The number of benzene rings is 1. The van der Waals surface area contributed by atoms with Crippen LogP contribution in [-0.2, 0) is 4.79 Å². The Morgan fingerprint density at radius 2 is 1.76 bits per heavy atom. The largest absolute Gasteiger partial charge is 0.321 e. The molecule has 178 valence electrons. The molecular weight excluding hydrogens is 424 g/mol. The van der Waals surface area contributed by atoms with Crippen LogP contribution in [0.25, 0.3) is 10.8 Å². The van der Waals surface area contributed by atoms with Crippen LogP contribution in [0.4, 0.5) is 0 Å². The maximum Gasteiger partial charge on any atom is 0.274 e. The van der Waals surface area contributed by atoms with Gasteiger partial charge in [0.05, 0.1) is 6.54 Å². The maximum atomic E-state index is 12.8. The predicted octanol–water partition coefficient (Wildman–Crippen LogP) is 5.65. The molecule has 2 N–H and O–H groups in total. The van der Waals surface area contributed by atoms with Crippen LogP contribution >= 0.6 is 0 Å². The summed E-state index contributed by atoms with van der Waals surface area (Å²) in [5.41, 5.74) is 3.13. The van der Waals surface area contributed by atoms with Gasteiger partial charge in [0.1, 0.15) is 11.5 Å². The number of hydrogen-bond acceptors (Lipinski definition) is 4. The molecule has 2 amide bonds. The molecule has 6 nitrogen and oxygen atoms in total. The summed E-state index contributed by atoms with van der Waals surface area (Å²) < 4.78 is 0. The lowest BCUT2D eigenvalue weighted by molar-refractivity contribution is -0.119.